The number of esters is 1. The van der Waals surface area contributed by atoms with Crippen LogP contribution in [0.15, 0.2) is 0 Å². The fourth-order valence-corrected chi connectivity index (χ4v) is 2.56. The zero-order chi connectivity index (χ0) is 12.5. The van der Waals surface area contributed by atoms with Gasteiger partial charge >= 0.3 is 5.97 Å². The molecule has 0 radical (unpaired) electrons. The van der Waals surface area contributed by atoms with Crippen molar-refractivity contribution >= 4 is 5.97 Å². The Bertz CT molecular complexity index is 213. The fourth-order valence-electron chi connectivity index (χ4n) is 2.56. The summed E-state index contributed by atoms with van der Waals surface area (Å²) in [6.07, 6.45) is 11.6. The Morgan fingerprint density at radius 1 is 1.12 bits per heavy atom. The normalized spacial score (nSPS) is 24.6. The molecule has 1 saturated carbocycles. The second-order valence-corrected chi connectivity index (χ2v) is 5.45. The van der Waals surface area contributed by atoms with Gasteiger partial charge in [0.2, 0.25) is 0 Å². The van der Waals surface area contributed by atoms with E-state index in [1.54, 1.807) is 0 Å². The largest absolute Gasteiger partial charge is 0.462 e. The van der Waals surface area contributed by atoms with Gasteiger partial charge in [-0.2, -0.15) is 0 Å². The molecule has 2 heteroatoms. The lowest BCUT2D eigenvalue weighted by Crippen LogP contribution is -2.28. The van der Waals surface area contributed by atoms with E-state index in [2.05, 4.69) is 13.8 Å². The van der Waals surface area contributed by atoms with Gasteiger partial charge < -0.3 is 4.74 Å². The predicted molar refractivity (Wildman–Crippen MR) is 70.9 cm³/mol. The highest BCUT2D eigenvalue weighted by Crippen LogP contribution is 2.26. The van der Waals surface area contributed by atoms with Crippen LogP contribution >= 0.6 is 0 Å². The first-order chi connectivity index (χ1) is 8.24. The zero-order valence-corrected chi connectivity index (χ0v) is 11.5. The minimum absolute atomic E-state index is 0.0280. The van der Waals surface area contributed by atoms with Crippen LogP contribution in [0.3, 0.4) is 0 Å². The molecule has 0 saturated heterocycles. The molecular formula is C15H28O2. The number of carbonyl (C=O) groups excluding carboxylic acids is 1. The summed E-state index contributed by atoms with van der Waals surface area (Å²) in [6, 6.07) is 0. The summed E-state index contributed by atoms with van der Waals surface area (Å²) >= 11 is 0. The van der Waals surface area contributed by atoms with E-state index < -0.39 is 0 Å². The molecule has 1 rings (SSSR count). The summed E-state index contributed by atoms with van der Waals surface area (Å²) < 4.78 is 5.57. The molecule has 0 aromatic heterocycles. The van der Waals surface area contributed by atoms with Gasteiger partial charge in [0.25, 0.3) is 0 Å². The van der Waals surface area contributed by atoms with Crippen LogP contribution in [-0.4, -0.2) is 12.1 Å². The molecule has 1 fully saturated rings. The van der Waals surface area contributed by atoms with Crippen molar-refractivity contribution in [1.29, 1.82) is 0 Å². The van der Waals surface area contributed by atoms with Crippen LogP contribution in [0.25, 0.3) is 0 Å². The molecule has 0 aromatic rings. The molecule has 1 aliphatic rings. The molecule has 0 bridgehead atoms. The summed E-state index contributed by atoms with van der Waals surface area (Å²) in [5, 5.41) is 0. The average molecular weight is 240 g/mol. The maximum atomic E-state index is 11.7. The first-order valence-corrected chi connectivity index (χ1v) is 7.43. The fraction of sp³-hybridized carbons (Fsp3) is 0.933. The Balaban J connectivity index is 2.07. The highest BCUT2D eigenvalue weighted by molar-refractivity contribution is 5.69. The first-order valence-electron chi connectivity index (χ1n) is 7.43. The summed E-state index contributed by atoms with van der Waals surface area (Å²) in [5.74, 6) is 0.591. The van der Waals surface area contributed by atoms with Crippen LogP contribution in [-0.2, 0) is 9.53 Å². The Morgan fingerprint density at radius 3 is 2.53 bits per heavy atom. The Kier molecular flexibility index (Phi) is 7.30. The van der Waals surface area contributed by atoms with E-state index in [0.717, 1.165) is 12.8 Å². The lowest BCUT2D eigenvalue weighted by molar-refractivity contribution is -0.153. The lowest BCUT2D eigenvalue weighted by atomic mass is 9.88. The Morgan fingerprint density at radius 2 is 1.82 bits per heavy atom. The standard InChI is InChI=1S/C15H28O2/c1-3-4-5-6-7-12-15(16)17-14-11-9-8-10-13(14)2/h13-14H,3-12H2,1-2H3. The minimum atomic E-state index is 0.0280. The Labute approximate surface area is 106 Å². The molecular weight excluding hydrogens is 212 g/mol. The third-order valence-corrected chi connectivity index (χ3v) is 3.80. The van der Waals surface area contributed by atoms with Crippen molar-refractivity contribution in [2.45, 2.75) is 84.2 Å². The molecule has 17 heavy (non-hydrogen) atoms. The molecule has 0 heterocycles. The monoisotopic (exact) mass is 240 g/mol. The second-order valence-electron chi connectivity index (χ2n) is 5.45. The van der Waals surface area contributed by atoms with Gasteiger partial charge in [-0.3, -0.25) is 4.79 Å². The molecule has 2 unspecified atom stereocenters. The van der Waals surface area contributed by atoms with E-state index in [1.165, 1.54) is 44.9 Å². The van der Waals surface area contributed by atoms with Crippen LogP contribution in [0.2, 0.25) is 0 Å². The molecule has 0 amide bonds. The maximum absolute atomic E-state index is 11.7. The van der Waals surface area contributed by atoms with E-state index in [-0.39, 0.29) is 12.1 Å². The van der Waals surface area contributed by atoms with E-state index >= 15 is 0 Å². The summed E-state index contributed by atoms with van der Waals surface area (Å²) in [4.78, 5) is 11.7. The van der Waals surface area contributed by atoms with Crippen molar-refractivity contribution in [2.75, 3.05) is 0 Å². The molecule has 100 valence electrons. The van der Waals surface area contributed by atoms with Crippen molar-refractivity contribution in [3.05, 3.63) is 0 Å². The van der Waals surface area contributed by atoms with Crippen molar-refractivity contribution in [3.8, 4) is 0 Å². The number of ether oxygens (including phenoxy) is 1. The summed E-state index contributed by atoms with van der Waals surface area (Å²) in [5.41, 5.74) is 0. The van der Waals surface area contributed by atoms with Crippen LogP contribution in [0.1, 0.15) is 78.1 Å². The van der Waals surface area contributed by atoms with Crippen LogP contribution in [0, 0.1) is 5.92 Å². The molecule has 1 aliphatic carbocycles. The third kappa shape index (κ3) is 6.09. The highest BCUT2D eigenvalue weighted by Gasteiger charge is 2.24. The molecule has 0 aromatic carbocycles. The van der Waals surface area contributed by atoms with Crippen LogP contribution in [0.4, 0.5) is 0 Å². The van der Waals surface area contributed by atoms with Gasteiger partial charge in [0.15, 0.2) is 0 Å². The van der Waals surface area contributed by atoms with Gasteiger partial charge in [0.05, 0.1) is 0 Å². The van der Waals surface area contributed by atoms with E-state index in [4.69, 9.17) is 4.74 Å². The lowest BCUT2D eigenvalue weighted by Gasteiger charge is -2.28. The first kappa shape index (κ1) is 14.5. The predicted octanol–water partition coefficient (Wildman–Crippen LogP) is 4.47. The maximum Gasteiger partial charge on any atom is 0.306 e. The van der Waals surface area contributed by atoms with Gasteiger partial charge in [-0.05, 0) is 31.6 Å². The highest BCUT2D eigenvalue weighted by atomic mass is 16.5. The van der Waals surface area contributed by atoms with Crippen molar-refractivity contribution in [1.82, 2.24) is 0 Å². The molecule has 0 spiro atoms. The third-order valence-electron chi connectivity index (χ3n) is 3.80. The average Bonchev–Trinajstić information content (AvgIpc) is 2.32. The van der Waals surface area contributed by atoms with Gasteiger partial charge in [0.1, 0.15) is 6.10 Å². The number of carbonyl (C=O) groups is 1. The van der Waals surface area contributed by atoms with Crippen molar-refractivity contribution < 1.29 is 9.53 Å². The van der Waals surface area contributed by atoms with Crippen LogP contribution < -0.4 is 0 Å². The number of hydrogen-bond donors (Lipinski definition) is 0. The number of hydrogen-bond acceptors (Lipinski definition) is 2. The van der Waals surface area contributed by atoms with Gasteiger partial charge in [-0.15, -0.1) is 0 Å². The zero-order valence-electron chi connectivity index (χ0n) is 11.5. The van der Waals surface area contributed by atoms with Gasteiger partial charge in [-0.1, -0.05) is 46.0 Å². The SMILES string of the molecule is CCCCCCCC(=O)OC1CCCCC1C. The topological polar surface area (TPSA) is 26.3 Å². The number of rotatable bonds is 7. The molecule has 2 atom stereocenters. The summed E-state index contributed by atoms with van der Waals surface area (Å²) in [7, 11) is 0. The van der Waals surface area contributed by atoms with E-state index in [9.17, 15) is 4.79 Å². The minimum Gasteiger partial charge on any atom is -0.462 e. The van der Waals surface area contributed by atoms with E-state index in [1.807, 2.05) is 0 Å². The van der Waals surface area contributed by atoms with Gasteiger partial charge in [0, 0.05) is 6.42 Å². The summed E-state index contributed by atoms with van der Waals surface area (Å²) in [6.45, 7) is 4.41. The number of unbranched alkanes of at least 4 members (excludes halogenated alkanes) is 4. The molecule has 0 aliphatic heterocycles. The van der Waals surface area contributed by atoms with E-state index in [0.29, 0.717) is 12.3 Å². The molecule has 0 N–H and O–H groups in total. The Hall–Kier alpha value is -0.530. The second kappa shape index (κ2) is 8.54. The van der Waals surface area contributed by atoms with Crippen molar-refractivity contribution in [2.24, 2.45) is 5.92 Å². The quantitative estimate of drug-likeness (QED) is 0.485. The van der Waals surface area contributed by atoms with Crippen LogP contribution in [0.5, 0.6) is 0 Å². The van der Waals surface area contributed by atoms with Gasteiger partial charge in [-0.25, -0.2) is 0 Å². The smallest absolute Gasteiger partial charge is 0.306 e. The molecule has 2 nitrogen and oxygen atoms in total. The van der Waals surface area contributed by atoms with Crippen molar-refractivity contribution in [3.63, 3.8) is 0 Å².